The molecule has 0 aliphatic carbocycles. The summed E-state index contributed by atoms with van der Waals surface area (Å²) in [6.45, 7) is 5.06. The summed E-state index contributed by atoms with van der Waals surface area (Å²) in [7, 11) is 0. The van der Waals surface area contributed by atoms with E-state index in [2.05, 4.69) is 17.6 Å². The van der Waals surface area contributed by atoms with Crippen molar-refractivity contribution in [2.24, 2.45) is 11.8 Å². The third-order valence-corrected chi connectivity index (χ3v) is 5.28. The molecule has 0 aromatic heterocycles. The highest BCUT2D eigenvalue weighted by molar-refractivity contribution is 5.94. The number of carbonyl (C=O) groups is 2. The summed E-state index contributed by atoms with van der Waals surface area (Å²) in [6.07, 6.45) is 2.56. The van der Waals surface area contributed by atoms with Crippen molar-refractivity contribution in [3.8, 4) is 0 Å². The molecule has 5 nitrogen and oxygen atoms in total. The Morgan fingerprint density at radius 2 is 1.96 bits per heavy atom. The van der Waals surface area contributed by atoms with Gasteiger partial charge in [-0.05, 0) is 62.5 Å². The second-order valence-electron chi connectivity index (χ2n) is 7.18. The van der Waals surface area contributed by atoms with Crippen molar-refractivity contribution < 1.29 is 14.0 Å². The third-order valence-electron chi connectivity index (χ3n) is 5.28. The molecule has 7 heteroatoms. The zero-order chi connectivity index (χ0) is 17.8. The van der Waals surface area contributed by atoms with Crippen LogP contribution < -0.4 is 10.6 Å². The van der Waals surface area contributed by atoms with Crippen molar-refractivity contribution in [1.29, 1.82) is 0 Å². The van der Waals surface area contributed by atoms with Crippen LogP contribution >= 0.6 is 12.4 Å². The Balaban J connectivity index is 0.00000243. The van der Waals surface area contributed by atoms with E-state index in [0.29, 0.717) is 24.6 Å². The number of nitrogens with zero attached hydrogens (tertiary/aromatic N) is 1. The monoisotopic (exact) mass is 383 g/mol. The molecule has 2 fully saturated rings. The lowest BCUT2D eigenvalue weighted by Crippen LogP contribution is -2.52. The maximum absolute atomic E-state index is 13.0. The van der Waals surface area contributed by atoms with Crippen LogP contribution in [0.2, 0.25) is 0 Å². The van der Waals surface area contributed by atoms with E-state index in [-0.39, 0.29) is 42.0 Å². The van der Waals surface area contributed by atoms with Gasteiger partial charge in [-0.2, -0.15) is 0 Å². The lowest BCUT2D eigenvalue weighted by atomic mass is 9.92. The normalized spacial score (nSPS) is 25.9. The van der Waals surface area contributed by atoms with E-state index in [9.17, 15) is 14.0 Å². The van der Waals surface area contributed by atoms with E-state index in [1.165, 1.54) is 24.3 Å². The van der Waals surface area contributed by atoms with Crippen molar-refractivity contribution in [3.63, 3.8) is 0 Å². The number of benzene rings is 1. The Kier molecular flexibility index (Phi) is 7.41. The molecule has 0 spiro atoms. The van der Waals surface area contributed by atoms with E-state index in [0.717, 1.165) is 32.4 Å². The van der Waals surface area contributed by atoms with E-state index in [4.69, 9.17) is 0 Å². The molecule has 2 heterocycles. The Morgan fingerprint density at radius 3 is 2.65 bits per heavy atom. The SMILES string of the molecule is CC1CNCCC1NC(=O)C1CCCN(C(=O)c2ccc(F)cc2)C1.Cl. The Hall–Kier alpha value is -1.66. The van der Waals surface area contributed by atoms with Crippen molar-refractivity contribution in [2.45, 2.75) is 32.2 Å². The van der Waals surface area contributed by atoms with Crippen LogP contribution in [0.5, 0.6) is 0 Å². The van der Waals surface area contributed by atoms with Gasteiger partial charge in [0.25, 0.3) is 5.91 Å². The number of rotatable bonds is 3. The van der Waals surface area contributed by atoms with Crippen LogP contribution in [0, 0.1) is 17.7 Å². The minimum atomic E-state index is -0.358. The topological polar surface area (TPSA) is 61.4 Å². The third kappa shape index (κ3) is 4.95. The van der Waals surface area contributed by atoms with Gasteiger partial charge in [0.15, 0.2) is 0 Å². The maximum atomic E-state index is 13.0. The lowest BCUT2D eigenvalue weighted by molar-refractivity contribution is -0.127. The summed E-state index contributed by atoms with van der Waals surface area (Å²) >= 11 is 0. The zero-order valence-corrected chi connectivity index (χ0v) is 15.9. The van der Waals surface area contributed by atoms with Gasteiger partial charge in [-0.15, -0.1) is 12.4 Å². The van der Waals surface area contributed by atoms with Crippen LogP contribution in [0.4, 0.5) is 4.39 Å². The molecule has 3 unspecified atom stereocenters. The van der Waals surface area contributed by atoms with Gasteiger partial charge in [0.1, 0.15) is 5.82 Å². The van der Waals surface area contributed by atoms with Crippen LogP contribution in [-0.4, -0.2) is 48.9 Å². The van der Waals surface area contributed by atoms with Crippen LogP contribution in [0.1, 0.15) is 36.5 Å². The molecule has 2 amide bonds. The summed E-state index contributed by atoms with van der Waals surface area (Å²) in [4.78, 5) is 26.9. The summed E-state index contributed by atoms with van der Waals surface area (Å²) in [5.41, 5.74) is 0.467. The average molecular weight is 384 g/mol. The Bertz CT molecular complexity index is 626. The molecular formula is C19H27ClFN3O2. The smallest absolute Gasteiger partial charge is 0.253 e. The summed E-state index contributed by atoms with van der Waals surface area (Å²) in [5, 5.41) is 6.51. The molecule has 0 bridgehead atoms. The molecule has 2 saturated heterocycles. The first-order valence-corrected chi connectivity index (χ1v) is 9.10. The molecule has 144 valence electrons. The highest BCUT2D eigenvalue weighted by Gasteiger charge is 2.31. The highest BCUT2D eigenvalue weighted by atomic mass is 35.5. The predicted octanol–water partition coefficient (Wildman–Crippen LogP) is 2.21. The van der Waals surface area contributed by atoms with Crippen LogP contribution in [-0.2, 0) is 4.79 Å². The van der Waals surface area contributed by atoms with Gasteiger partial charge in [-0.1, -0.05) is 6.92 Å². The Morgan fingerprint density at radius 1 is 1.23 bits per heavy atom. The second kappa shape index (κ2) is 9.33. The van der Waals surface area contributed by atoms with Gasteiger partial charge >= 0.3 is 0 Å². The first-order chi connectivity index (χ1) is 12.0. The minimum Gasteiger partial charge on any atom is -0.353 e. The molecular weight excluding hydrogens is 357 g/mol. The highest BCUT2D eigenvalue weighted by Crippen LogP contribution is 2.20. The standard InChI is InChI=1S/C19H26FN3O2.ClH/c1-13-11-21-9-8-17(13)22-18(24)15-3-2-10-23(12-15)19(25)14-4-6-16(20)7-5-14;/h4-7,13,15,17,21H,2-3,8-12H2,1H3,(H,22,24);1H. The van der Waals surface area contributed by atoms with Crippen LogP contribution in [0.3, 0.4) is 0 Å². The molecule has 2 N–H and O–H groups in total. The van der Waals surface area contributed by atoms with E-state index in [1.54, 1.807) is 4.90 Å². The molecule has 2 aliphatic heterocycles. The molecule has 3 rings (SSSR count). The lowest BCUT2D eigenvalue weighted by Gasteiger charge is -2.35. The number of nitrogens with one attached hydrogen (secondary N) is 2. The van der Waals surface area contributed by atoms with Crippen molar-refractivity contribution >= 4 is 24.2 Å². The Labute approximate surface area is 160 Å². The fourth-order valence-corrected chi connectivity index (χ4v) is 3.68. The number of likely N-dealkylation sites (tertiary alicyclic amines) is 1. The van der Waals surface area contributed by atoms with Gasteiger partial charge < -0.3 is 15.5 Å². The number of piperidine rings is 2. The van der Waals surface area contributed by atoms with Crippen molar-refractivity contribution in [2.75, 3.05) is 26.2 Å². The van der Waals surface area contributed by atoms with Crippen molar-refractivity contribution in [1.82, 2.24) is 15.5 Å². The number of hydrogen-bond acceptors (Lipinski definition) is 3. The number of halogens is 2. The molecule has 26 heavy (non-hydrogen) atoms. The van der Waals surface area contributed by atoms with Gasteiger partial charge in [0, 0.05) is 24.7 Å². The predicted molar refractivity (Wildman–Crippen MR) is 101 cm³/mol. The first-order valence-electron chi connectivity index (χ1n) is 9.10. The van der Waals surface area contributed by atoms with Crippen LogP contribution in [0.15, 0.2) is 24.3 Å². The summed E-state index contributed by atoms with van der Waals surface area (Å²) in [6, 6.07) is 5.78. The molecule has 0 radical (unpaired) electrons. The van der Waals surface area contributed by atoms with Gasteiger partial charge in [-0.3, -0.25) is 9.59 Å². The van der Waals surface area contributed by atoms with Gasteiger partial charge in [-0.25, -0.2) is 4.39 Å². The van der Waals surface area contributed by atoms with E-state index >= 15 is 0 Å². The fourth-order valence-electron chi connectivity index (χ4n) is 3.68. The van der Waals surface area contributed by atoms with Crippen LogP contribution in [0.25, 0.3) is 0 Å². The van der Waals surface area contributed by atoms with Gasteiger partial charge in [0.2, 0.25) is 5.91 Å². The van der Waals surface area contributed by atoms with E-state index < -0.39 is 0 Å². The molecule has 1 aromatic rings. The fraction of sp³-hybridized carbons (Fsp3) is 0.579. The quantitative estimate of drug-likeness (QED) is 0.841. The maximum Gasteiger partial charge on any atom is 0.253 e. The number of carbonyl (C=O) groups excluding carboxylic acids is 2. The summed E-state index contributed by atoms with van der Waals surface area (Å²) in [5.74, 6) is -0.190. The summed E-state index contributed by atoms with van der Waals surface area (Å²) < 4.78 is 13.0. The average Bonchev–Trinajstić information content (AvgIpc) is 2.64. The minimum absolute atomic E-state index is 0. The molecule has 0 saturated carbocycles. The number of hydrogen-bond donors (Lipinski definition) is 2. The first kappa shape index (κ1) is 20.6. The van der Waals surface area contributed by atoms with Crippen molar-refractivity contribution in [3.05, 3.63) is 35.6 Å². The molecule has 2 aliphatic rings. The second-order valence-corrected chi connectivity index (χ2v) is 7.18. The van der Waals surface area contributed by atoms with E-state index in [1.807, 2.05) is 0 Å². The zero-order valence-electron chi connectivity index (χ0n) is 15.0. The molecule has 3 atom stereocenters. The van der Waals surface area contributed by atoms with Gasteiger partial charge in [0.05, 0.1) is 5.92 Å². The largest absolute Gasteiger partial charge is 0.353 e. The molecule has 1 aromatic carbocycles. The number of amides is 2.